The fourth-order valence-corrected chi connectivity index (χ4v) is 2.02. The van der Waals surface area contributed by atoms with Gasteiger partial charge in [0.05, 0.1) is 10.9 Å². The molecule has 0 saturated heterocycles. The molecule has 2 aromatic heterocycles. The van der Waals surface area contributed by atoms with Crippen molar-refractivity contribution in [1.29, 1.82) is 0 Å². The SMILES string of the molecule is Cc1nc(N)c2cc3cccc(C)c3nc2n1. The Balaban J connectivity index is 2.52. The van der Waals surface area contributed by atoms with Crippen LogP contribution < -0.4 is 5.73 Å². The summed E-state index contributed by atoms with van der Waals surface area (Å²) in [6.45, 7) is 3.86. The van der Waals surface area contributed by atoms with Gasteiger partial charge in [-0.25, -0.2) is 15.0 Å². The number of aromatic nitrogens is 3. The lowest BCUT2D eigenvalue weighted by Crippen LogP contribution is -1.99. The van der Waals surface area contributed by atoms with Gasteiger partial charge in [-0.3, -0.25) is 0 Å². The van der Waals surface area contributed by atoms with E-state index in [-0.39, 0.29) is 0 Å². The number of nitrogen functional groups attached to an aromatic ring is 1. The van der Waals surface area contributed by atoms with Crippen molar-refractivity contribution in [2.45, 2.75) is 13.8 Å². The summed E-state index contributed by atoms with van der Waals surface area (Å²) in [5.74, 6) is 1.14. The highest BCUT2D eigenvalue weighted by Gasteiger charge is 2.07. The standard InChI is InChI=1S/C13H12N4/c1-7-4-3-5-9-6-10-12(14)15-8(2)16-13(10)17-11(7)9/h3-6H,1-2H3,(H2,14,15,16,17). The molecule has 0 fully saturated rings. The van der Waals surface area contributed by atoms with Gasteiger partial charge in [0, 0.05) is 5.39 Å². The summed E-state index contributed by atoms with van der Waals surface area (Å²) in [5, 5.41) is 1.88. The third-order valence-corrected chi connectivity index (χ3v) is 2.85. The molecule has 84 valence electrons. The van der Waals surface area contributed by atoms with Crippen molar-refractivity contribution in [2.24, 2.45) is 0 Å². The van der Waals surface area contributed by atoms with Gasteiger partial charge in [-0.05, 0) is 25.5 Å². The highest BCUT2D eigenvalue weighted by Crippen LogP contribution is 2.23. The van der Waals surface area contributed by atoms with Gasteiger partial charge in [0.15, 0.2) is 5.65 Å². The van der Waals surface area contributed by atoms with Crippen molar-refractivity contribution in [3.8, 4) is 0 Å². The van der Waals surface area contributed by atoms with Crippen molar-refractivity contribution in [1.82, 2.24) is 15.0 Å². The monoisotopic (exact) mass is 224 g/mol. The van der Waals surface area contributed by atoms with Crippen molar-refractivity contribution in [3.05, 3.63) is 35.7 Å². The lowest BCUT2D eigenvalue weighted by molar-refractivity contribution is 1.08. The third kappa shape index (κ3) is 1.49. The van der Waals surface area contributed by atoms with Crippen LogP contribution in [0.2, 0.25) is 0 Å². The third-order valence-electron chi connectivity index (χ3n) is 2.85. The summed E-state index contributed by atoms with van der Waals surface area (Å²) < 4.78 is 0. The molecule has 2 heterocycles. The van der Waals surface area contributed by atoms with E-state index in [2.05, 4.69) is 15.0 Å². The van der Waals surface area contributed by atoms with Crippen LogP contribution in [-0.2, 0) is 0 Å². The predicted molar refractivity (Wildman–Crippen MR) is 68.7 cm³/mol. The molecule has 0 bridgehead atoms. The van der Waals surface area contributed by atoms with E-state index in [9.17, 15) is 0 Å². The molecule has 0 radical (unpaired) electrons. The summed E-state index contributed by atoms with van der Waals surface area (Å²) in [6, 6.07) is 8.07. The molecule has 3 rings (SSSR count). The van der Waals surface area contributed by atoms with Gasteiger partial charge in [-0.1, -0.05) is 18.2 Å². The topological polar surface area (TPSA) is 64.7 Å². The first kappa shape index (κ1) is 9.96. The van der Waals surface area contributed by atoms with E-state index in [4.69, 9.17) is 5.73 Å². The Kier molecular flexibility index (Phi) is 1.98. The minimum atomic E-state index is 0.489. The number of nitrogens with two attached hydrogens (primary N) is 1. The molecule has 0 atom stereocenters. The first-order valence-corrected chi connectivity index (χ1v) is 5.45. The zero-order valence-corrected chi connectivity index (χ0v) is 9.73. The minimum absolute atomic E-state index is 0.489. The lowest BCUT2D eigenvalue weighted by Gasteiger charge is -2.05. The van der Waals surface area contributed by atoms with Crippen LogP contribution in [0.25, 0.3) is 21.9 Å². The number of benzene rings is 1. The Morgan fingerprint density at radius 1 is 1.06 bits per heavy atom. The van der Waals surface area contributed by atoms with Gasteiger partial charge in [-0.15, -0.1) is 0 Å². The molecule has 3 aromatic rings. The molecule has 0 amide bonds. The number of pyridine rings is 1. The molecule has 4 nitrogen and oxygen atoms in total. The van der Waals surface area contributed by atoms with Gasteiger partial charge in [0.2, 0.25) is 0 Å². The number of hydrogen-bond donors (Lipinski definition) is 1. The quantitative estimate of drug-likeness (QED) is 0.595. The Morgan fingerprint density at radius 3 is 2.71 bits per heavy atom. The van der Waals surface area contributed by atoms with Gasteiger partial charge >= 0.3 is 0 Å². The molecule has 17 heavy (non-hydrogen) atoms. The molecular formula is C13H12N4. The molecule has 0 aliphatic carbocycles. The fraction of sp³-hybridized carbons (Fsp3) is 0.154. The molecule has 0 aliphatic rings. The van der Waals surface area contributed by atoms with Crippen LogP contribution in [0.1, 0.15) is 11.4 Å². The zero-order chi connectivity index (χ0) is 12.0. The first-order chi connectivity index (χ1) is 8.15. The second-order valence-electron chi connectivity index (χ2n) is 4.16. The number of nitrogens with zero attached hydrogens (tertiary/aromatic N) is 3. The molecule has 2 N–H and O–H groups in total. The lowest BCUT2D eigenvalue weighted by atomic mass is 10.1. The van der Waals surface area contributed by atoms with Crippen LogP contribution in [0.5, 0.6) is 0 Å². The fourth-order valence-electron chi connectivity index (χ4n) is 2.02. The largest absolute Gasteiger partial charge is 0.383 e. The van der Waals surface area contributed by atoms with E-state index in [0.29, 0.717) is 17.3 Å². The normalized spacial score (nSPS) is 11.2. The van der Waals surface area contributed by atoms with Gasteiger partial charge in [0.25, 0.3) is 0 Å². The Hall–Kier alpha value is -2.23. The number of fused-ring (bicyclic) bond motifs is 2. The van der Waals surface area contributed by atoms with Crippen LogP contribution in [0.3, 0.4) is 0 Å². The van der Waals surface area contributed by atoms with Crippen LogP contribution in [0.4, 0.5) is 5.82 Å². The number of hydrogen-bond acceptors (Lipinski definition) is 4. The number of para-hydroxylation sites is 1. The molecule has 0 aliphatic heterocycles. The van der Waals surface area contributed by atoms with Crippen LogP contribution in [0.15, 0.2) is 24.3 Å². The minimum Gasteiger partial charge on any atom is -0.383 e. The summed E-state index contributed by atoms with van der Waals surface area (Å²) in [6.07, 6.45) is 0. The van der Waals surface area contributed by atoms with Crippen molar-refractivity contribution in [2.75, 3.05) is 5.73 Å². The smallest absolute Gasteiger partial charge is 0.165 e. The zero-order valence-electron chi connectivity index (χ0n) is 9.73. The highest BCUT2D eigenvalue weighted by molar-refractivity contribution is 5.96. The van der Waals surface area contributed by atoms with Gasteiger partial charge < -0.3 is 5.73 Å². The molecular weight excluding hydrogens is 212 g/mol. The number of anilines is 1. The maximum atomic E-state index is 5.90. The van der Waals surface area contributed by atoms with E-state index in [1.807, 2.05) is 38.1 Å². The van der Waals surface area contributed by atoms with E-state index < -0.39 is 0 Å². The van der Waals surface area contributed by atoms with Crippen molar-refractivity contribution >= 4 is 27.8 Å². The van der Waals surface area contributed by atoms with Crippen LogP contribution in [0, 0.1) is 13.8 Å². The van der Waals surface area contributed by atoms with Crippen LogP contribution >= 0.6 is 0 Å². The average molecular weight is 224 g/mol. The Morgan fingerprint density at radius 2 is 1.88 bits per heavy atom. The summed E-state index contributed by atoms with van der Waals surface area (Å²) in [5.41, 5.74) is 8.67. The second-order valence-corrected chi connectivity index (χ2v) is 4.16. The summed E-state index contributed by atoms with van der Waals surface area (Å²) in [7, 11) is 0. The van der Waals surface area contributed by atoms with E-state index in [1.165, 1.54) is 0 Å². The number of rotatable bonds is 0. The Bertz CT molecular complexity index is 734. The second kappa shape index (κ2) is 3.38. The molecule has 4 heteroatoms. The highest BCUT2D eigenvalue weighted by atomic mass is 15.0. The van der Waals surface area contributed by atoms with Crippen LogP contribution in [-0.4, -0.2) is 15.0 Å². The van der Waals surface area contributed by atoms with Gasteiger partial charge in [-0.2, -0.15) is 0 Å². The maximum Gasteiger partial charge on any atom is 0.165 e. The molecule has 1 aromatic carbocycles. The average Bonchev–Trinajstić information content (AvgIpc) is 2.28. The van der Waals surface area contributed by atoms with Crippen molar-refractivity contribution < 1.29 is 0 Å². The Labute approximate surface area is 98.5 Å². The van der Waals surface area contributed by atoms with E-state index in [0.717, 1.165) is 21.9 Å². The predicted octanol–water partition coefficient (Wildman–Crippen LogP) is 2.38. The van der Waals surface area contributed by atoms with Gasteiger partial charge in [0.1, 0.15) is 11.6 Å². The summed E-state index contributed by atoms with van der Waals surface area (Å²) in [4.78, 5) is 13.1. The van der Waals surface area contributed by atoms with E-state index >= 15 is 0 Å². The van der Waals surface area contributed by atoms with Crippen molar-refractivity contribution in [3.63, 3.8) is 0 Å². The maximum absolute atomic E-state index is 5.90. The summed E-state index contributed by atoms with van der Waals surface area (Å²) >= 11 is 0. The first-order valence-electron chi connectivity index (χ1n) is 5.45. The molecule has 0 spiro atoms. The molecule has 0 unspecified atom stereocenters. The molecule has 0 saturated carbocycles. The number of aryl methyl sites for hydroxylation is 2. The van der Waals surface area contributed by atoms with E-state index in [1.54, 1.807) is 0 Å².